The molecule has 0 aliphatic rings. The molecule has 0 aliphatic carbocycles. The highest BCUT2D eigenvalue weighted by atomic mass is 35.5. The lowest BCUT2D eigenvalue weighted by atomic mass is 9.96. The summed E-state index contributed by atoms with van der Waals surface area (Å²) in [4.78, 5) is 4.16. The average molecular weight is 219 g/mol. The van der Waals surface area contributed by atoms with Gasteiger partial charge in [-0.3, -0.25) is 0 Å². The van der Waals surface area contributed by atoms with E-state index < -0.39 is 0 Å². The fourth-order valence-electron chi connectivity index (χ4n) is 0.997. The lowest BCUT2D eigenvalue weighted by Gasteiger charge is -2.27. The maximum absolute atomic E-state index is 5.73. The van der Waals surface area contributed by atoms with E-state index in [1.165, 1.54) is 0 Å². The van der Waals surface area contributed by atoms with Crippen molar-refractivity contribution in [3.05, 3.63) is 10.5 Å². The van der Waals surface area contributed by atoms with E-state index in [1.54, 1.807) is 11.3 Å². The lowest BCUT2D eigenvalue weighted by Crippen LogP contribution is -2.32. The van der Waals surface area contributed by atoms with Gasteiger partial charge in [0.2, 0.25) is 0 Å². The standard InChI is InChI=1S/C9H15ClN2S/c1-4-9(3,5-2)12-8-11-7(10)6-13-8/h6H,4-5H2,1-3H3,(H,11,12). The van der Waals surface area contributed by atoms with Crippen molar-refractivity contribution in [2.24, 2.45) is 0 Å². The van der Waals surface area contributed by atoms with Crippen LogP contribution in [-0.4, -0.2) is 10.5 Å². The number of anilines is 1. The Morgan fingerprint density at radius 1 is 1.54 bits per heavy atom. The molecule has 0 bridgehead atoms. The van der Waals surface area contributed by atoms with Gasteiger partial charge >= 0.3 is 0 Å². The van der Waals surface area contributed by atoms with Crippen molar-refractivity contribution in [2.45, 2.75) is 39.2 Å². The zero-order valence-electron chi connectivity index (χ0n) is 8.22. The zero-order chi connectivity index (χ0) is 9.90. The first-order valence-electron chi connectivity index (χ1n) is 4.49. The average Bonchev–Trinajstić information content (AvgIpc) is 2.51. The third kappa shape index (κ3) is 2.85. The predicted molar refractivity (Wildman–Crippen MR) is 59.7 cm³/mol. The highest BCUT2D eigenvalue weighted by Crippen LogP contribution is 2.25. The van der Waals surface area contributed by atoms with Gasteiger partial charge in [0.05, 0.1) is 0 Å². The SMILES string of the molecule is CCC(C)(CC)Nc1nc(Cl)cs1. The molecule has 1 N–H and O–H groups in total. The summed E-state index contributed by atoms with van der Waals surface area (Å²) in [5, 5.41) is 6.73. The van der Waals surface area contributed by atoms with E-state index in [-0.39, 0.29) is 5.54 Å². The second kappa shape index (κ2) is 4.29. The predicted octanol–water partition coefficient (Wildman–Crippen LogP) is 3.79. The second-order valence-electron chi connectivity index (χ2n) is 3.37. The third-order valence-electron chi connectivity index (χ3n) is 2.45. The van der Waals surface area contributed by atoms with Crippen molar-refractivity contribution in [1.82, 2.24) is 4.98 Å². The van der Waals surface area contributed by atoms with Gasteiger partial charge in [0.15, 0.2) is 5.13 Å². The van der Waals surface area contributed by atoms with Crippen LogP contribution in [-0.2, 0) is 0 Å². The Morgan fingerprint density at radius 2 is 2.15 bits per heavy atom. The number of nitrogens with one attached hydrogen (secondary N) is 1. The van der Waals surface area contributed by atoms with E-state index in [4.69, 9.17) is 11.6 Å². The summed E-state index contributed by atoms with van der Waals surface area (Å²) in [5.41, 5.74) is 0.140. The van der Waals surface area contributed by atoms with Crippen LogP contribution in [0.25, 0.3) is 0 Å². The molecule has 0 amide bonds. The van der Waals surface area contributed by atoms with Crippen LogP contribution in [0.2, 0.25) is 5.15 Å². The number of halogens is 1. The van der Waals surface area contributed by atoms with E-state index in [2.05, 4.69) is 31.1 Å². The maximum atomic E-state index is 5.73. The Labute approximate surface area is 88.3 Å². The van der Waals surface area contributed by atoms with Crippen LogP contribution in [0.1, 0.15) is 33.6 Å². The Kier molecular flexibility index (Phi) is 3.56. The Morgan fingerprint density at radius 3 is 2.54 bits per heavy atom. The molecular formula is C9H15ClN2S. The van der Waals surface area contributed by atoms with Crippen LogP contribution in [0.15, 0.2) is 5.38 Å². The topological polar surface area (TPSA) is 24.9 Å². The number of thiazole rings is 1. The van der Waals surface area contributed by atoms with Crippen LogP contribution < -0.4 is 5.32 Å². The third-order valence-corrected chi connectivity index (χ3v) is 3.53. The van der Waals surface area contributed by atoms with Crippen molar-refractivity contribution >= 4 is 28.1 Å². The van der Waals surface area contributed by atoms with E-state index in [9.17, 15) is 0 Å². The summed E-state index contributed by atoms with van der Waals surface area (Å²) in [6.07, 6.45) is 2.17. The van der Waals surface area contributed by atoms with E-state index in [0.29, 0.717) is 5.15 Å². The minimum atomic E-state index is 0.140. The molecule has 4 heteroatoms. The summed E-state index contributed by atoms with van der Waals surface area (Å²) in [5.74, 6) is 0. The summed E-state index contributed by atoms with van der Waals surface area (Å²) < 4.78 is 0. The van der Waals surface area contributed by atoms with Crippen LogP contribution in [0.4, 0.5) is 5.13 Å². The maximum Gasteiger partial charge on any atom is 0.184 e. The van der Waals surface area contributed by atoms with Gasteiger partial charge < -0.3 is 5.32 Å². The van der Waals surface area contributed by atoms with Crippen molar-refractivity contribution in [3.8, 4) is 0 Å². The number of aromatic nitrogens is 1. The number of rotatable bonds is 4. The molecule has 1 rings (SSSR count). The molecule has 0 spiro atoms. The number of hydrogen-bond acceptors (Lipinski definition) is 3. The Bertz CT molecular complexity index is 268. The normalized spacial score (nSPS) is 11.7. The van der Waals surface area contributed by atoms with Gasteiger partial charge in [-0.25, -0.2) is 4.98 Å². The van der Waals surface area contributed by atoms with Crippen LogP contribution >= 0.6 is 22.9 Å². The van der Waals surface area contributed by atoms with Crippen LogP contribution in [0.3, 0.4) is 0 Å². The summed E-state index contributed by atoms with van der Waals surface area (Å²) in [6.45, 7) is 6.54. The second-order valence-corrected chi connectivity index (χ2v) is 4.61. The van der Waals surface area contributed by atoms with Crippen molar-refractivity contribution in [2.75, 3.05) is 5.32 Å². The van der Waals surface area contributed by atoms with Gasteiger partial charge in [-0.1, -0.05) is 25.4 Å². The quantitative estimate of drug-likeness (QED) is 0.832. The molecule has 74 valence electrons. The highest BCUT2D eigenvalue weighted by Gasteiger charge is 2.19. The molecule has 0 saturated carbocycles. The van der Waals surface area contributed by atoms with Gasteiger partial charge in [-0.05, 0) is 19.8 Å². The Balaban J connectivity index is 2.67. The van der Waals surface area contributed by atoms with Crippen molar-refractivity contribution in [1.29, 1.82) is 0 Å². The fourth-order valence-corrected chi connectivity index (χ4v) is 1.98. The molecule has 2 nitrogen and oxygen atoms in total. The minimum Gasteiger partial charge on any atom is -0.356 e. The molecule has 0 radical (unpaired) electrons. The van der Waals surface area contributed by atoms with Crippen molar-refractivity contribution in [3.63, 3.8) is 0 Å². The summed E-state index contributed by atoms with van der Waals surface area (Å²) >= 11 is 7.29. The first-order valence-corrected chi connectivity index (χ1v) is 5.74. The summed E-state index contributed by atoms with van der Waals surface area (Å²) in [7, 11) is 0. The monoisotopic (exact) mass is 218 g/mol. The molecule has 1 aromatic heterocycles. The van der Waals surface area contributed by atoms with Gasteiger partial charge in [-0.15, -0.1) is 11.3 Å². The van der Waals surface area contributed by atoms with Crippen molar-refractivity contribution < 1.29 is 0 Å². The first kappa shape index (κ1) is 10.8. The smallest absolute Gasteiger partial charge is 0.184 e. The van der Waals surface area contributed by atoms with E-state index in [0.717, 1.165) is 18.0 Å². The minimum absolute atomic E-state index is 0.140. The largest absolute Gasteiger partial charge is 0.356 e. The van der Waals surface area contributed by atoms with E-state index in [1.807, 2.05) is 5.38 Å². The van der Waals surface area contributed by atoms with Gasteiger partial charge in [-0.2, -0.15) is 0 Å². The van der Waals surface area contributed by atoms with Crippen LogP contribution in [0.5, 0.6) is 0 Å². The summed E-state index contributed by atoms with van der Waals surface area (Å²) in [6, 6.07) is 0. The fraction of sp³-hybridized carbons (Fsp3) is 0.667. The molecule has 0 atom stereocenters. The molecule has 0 saturated heterocycles. The molecular weight excluding hydrogens is 204 g/mol. The first-order chi connectivity index (χ1) is 6.09. The molecule has 0 aliphatic heterocycles. The number of hydrogen-bond donors (Lipinski definition) is 1. The molecule has 0 aromatic carbocycles. The molecule has 1 heterocycles. The molecule has 0 fully saturated rings. The highest BCUT2D eigenvalue weighted by molar-refractivity contribution is 7.14. The molecule has 0 unspecified atom stereocenters. The Hall–Kier alpha value is -0.280. The van der Waals surface area contributed by atoms with Gasteiger partial charge in [0.25, 0.3) is 0 Å². The lowest BCUT2D eigenvalue weighted by molar-refractivity contribution is 0.478. The number of nitrogens with zero attached hydrogens (tertiary/aromatic N) is 1. The zero-order valence-corrected chi connectivity index (χ0v) is 9.80. The van der Waals surface area contributed by atoms with Crippen LogP contribution in [0, 0.1) is 0 Å². The van der Waals surface area contributed by atoms with Gasteiger partial charge in [0, 0.05) is 10.9 Å². The molecule has 13 heavy (non-hydrogen) atoms. The van der Waals surface area contributed by atoms with E-state index >= 15 is 0 Å². The molecule has 1 aromatic rings. The van der Waals surface area contributed by atoms with Gasteiger partial charge in [0.1, 0.15) is 5.15 Å².